The van der Waals surface area contributed by atoms with Gasteiger partial charge in [0.15, 0.2) is 0 Å². The van der Waals surface area contributed by atoms with Crippen molar-refractivity contribution in [2.75, 3.05) is 44.1 Å². The van der Waals surface area contributed by atoms with Crippen molar-refractivity contribution in [3.8, 4) is 11.5 Å². The number of nitrogens with zero attached hydrogens (tertiary/aromatic N) is 1. The molecule has 0 radical (unpaired) electrons. The lowest BCUT2D eigenvalue weighted by Crippen LogP contribution is -2.31. The summed E-state index contributed by atoms with van der Waals surface area (Å²) >= 11 is 0. The van der Waals surface area contributed by atoms with Crippen LogP contribution in [0.25, 0.3) is 0 Å². The molecule has 2 aromatic carbocycles. The molecule has 0 atom stereocenters. The van der Waals surface area contributed by atoms with Crippen molar-refractivity contribution in [3.63, 3.8) is 0 Å². The molecule has 0 bridgehead atoms. The number of anilines is 2. The monoisotopic (exact) mass is 383 g/mol. The van der Waals surface area contributed by atoms with Crippen molar-refractivity contribution in [1.82, 2.24) is 5.32 Å². The second-order valence-electron chi connectivity index (χ2n) is 6.88. The number of nitrogens with one attached hydrogen (secondary N) is 2. The molecule has 0 aliphatic carbocycles. The van der Waals surface area contributed by atoms with Crippen LogP contribution in [0.15, 0.2) is 36.4 Å². The van der Waals surface area contributed by atoms with Crippen LogP contribution in [0.3, 0.4) is 0 Å². The molecule has 150 valence electrons. The Kier molecular flexibility index (Phi) is 6.63. The van der Waals surface area contributed by atoms with Gasteiger partial charge in [0, 0.05) is 49.2 Å². The molecule has 6 heteroatoms. The van der Waals surface area contributed by atoms with Crippen LogP contribution in [0.1, 0.15) is 24.5 Å². The Labute approximate surface area is 166 Å². The van der Waals surface area contributed by atoms with Crippen LogP contribution in [0.2, 0.25) is 0 Å². The van der Waals surface area contributed by atoms with Crippen molar-refractivity contribution < 1.29 is 14.3 Å². The van der Waals surface area contributed by atoms with Gasteiger partial charge >= 0.3 is 6.03 Å². The highest BCUT2D eigenvalue weighted by molar-refractivity contribution is 5.89. The average molecular weight is 383 g/mol. The lowest BCUT2D eigenvalue weighted by atomic mass is 9.98. The fourth-order valence-corrected chi connectivity index (χ4v) is 3.59. The van der Waals surface area contributed by atoms with E-state index in [9.17, 15) is 4.79 Å². The van der Waals surface area contributed by atoms with E-state index in [-0.39, 0.29) is 6.03 Å². The number of carbonyl (C=O) groups excluding carboxylic acids is 1. The van der Waals surface area contributed by atoms with Gasteiger partial charge in [-0.25, -0.2) is 4.79 Å². The number of aryl methyl sites for hydroxylation is 1. The minimum Gasteiger partial charge on any atom is -0.497 e. The summed E-state index contributed by atoms with van der Waals surface area (Å²) in [6.45, 7) is 4.95. The molecule has 0 saturated heterocycles. The quantitative estimate of drug-likeness (QED) is 0.763. The first-order chi connectivity index (χ1) is 13.6. The van der Waals surface area contributed by atoms with Crippen molar-refractivity contribution in [2.24, 2.45) is 0 Å². The van der Waals surface area contributed by atoms with Gasteiger partial charge in [-0.2, -0.15) is 0 Å². The molecular formula is C22H29N3O3. The van der Waals surface area contributed by atoms with Crippen molar-refractivity contribution >= 4 is 17.4 Å². The summed E-state index contributed by atoms with van der Waals surface area (Å²) in [5, 5.41) is 5.74. The highest BCUT2D eigenvalue weighted by Gasteiger charge is 2.15. The third-order valence-corrected chi connectivity index (χ3v) is 5.05. The molecule has 6 nitrogen and oxygen atoms in total. The number of ether oxygens (including phenoxy) is 2. The highest BCUT2D eigenvalue weighted by Crippen LogP contribution is 2.28. The summed E-state index contributed by atoms with van der Waals surface area (Å²) in [7, 11) is 3.16. The molecule has 1 aliphatic rings. The van der Waals surface area contributed by atoms with E-state index < -0.39 is 0 Å². The van der Waals surface area contributed by atoms with E-state index in [0.29, 0.717) is 23.7 Å². The zero-order valence-corrected chi connectivity index (χ0v) is 16.9. The summed E-state index contributed by atoms with van der Waals surface area (Å²) in [5.41, 5.74) is 4.65. The molecule has 0 unspecified atom stereocenters. The van der Waals surface area contributed by atoms with E-state index in [1.807, 2.05) is 0 Å². The number of hydrogen-bond acceptors (Lipinski definition) is 4. The Bertz CT molecular complexity index is 800. The predicted molar refractivity (Wildman–Crippen MR) is 113 cm³/mol. The molecule has 2 amide bonds. The SMILES string of the molecule is CCN1CCCc2cc(CCNC(=O)Nc3cc(OC)cc(OC)c3)ccc21. The average Bonchev–Trinajstić information content (AvgIpc) is 2.72. The maximum atomic E-state index is 12.2. The van der Waals surface area contributed by atoms with Gasteiger partial charge in [0.2, 0.25) is 0 Å². The van der Waals surface area contributed by atoms with Crippen molar-refractivity contribution in [1.29, 1.82) is 0 Å². The molecule has 1 aliphatic heterocycles. The van der Waals surface area contributed by atoms with Crippen LogP contribution in [-0.2, 0) is 12.8 Å². The fraction of sp³-hybridized carbons (Fsp3) is 0.409. The van der Waals surface area contributed by atoms with Crippen LogP contribution < -0.4 is 25.0 Å². The maximum Gasteiger partial charge on any atom is 0.319 e. The van der Waals surface area contributed by atoms with Gasteiger partial charge < -0.3 is 25.0 Å². The molecule has 28 heavy (non-hydrogen) atoms. The molecular weight excluding hydrogens is 354 g/mol. The highest BCUT2D eigenvalue weighted by atomic mass is 16.5. The smallest absolute Gasteiger partial charge is 0.319 e. The molecule has 2 N–H and O–H groups in total. The van der Waals surface area contributed by atoms with Crippen LogP contribution in [0.4, 0.5) is 16.2 Å². The van der Waals surface area contributed by atoms with Crippen molar-refractivity contribution in [2.45, 2.75) is 26.2 Å². The first kappa shape index (κ1) is 19.9. The summed E-state index contributed by atoms with van der Waals surface area (Å²) in [6, 6.07) is 11.7. The summed E-state index contributed by atoms with van der Waals surface area (Å²) < 4.78 is 10.4. The maximum absolute atomic E-state index is 12.2. The van der Waals surface area contributed by atoms with Gasteiger partial charge in [0.05, 0.1) is 14.2 Å². The third kappa shape index (κ3) is 4.88. The first-order valence-corrected chi connectivity index (χ1v) is 9.77. The Morgan fingerprint density at radius 2 is 1.86 bits per heavy atom. The van der Waals surface area contributed by atoms with E-state index >= 15 is 0 Å². The molecule has 0 spiro atoms. The number of carbonyl (C=O) groups is 1. The topological polar surface area (TPSA) is 62.8 Å². The second-order valence-corrected chi connectivity index (χ2v) is 6.88. The number of rotatable bonds is 7. The zero-order chi connectivity index (χ0) is 19.9. The Balaban J connectivity index is 1.53. The number of amides is 2. The molecule has 0 fully saturated rings. The van der Waals surface area contributed by atoms with E-state index in [1.54, 1.807) is 32.4 Å². The minimum absolute atomic E-state index is 0.245. The molecule has 0 saturated carbocycles. The number of urea groups is 1. The summed E-state index contributed by atoms with van der Waals surface area (Å²) in [5.74, 6) is 1.26. The van der Waals surface area contributed by atoms with E-state index in [4.69, 9.17) is 9.47 Å². The minimum atomic E-state index is -0.245. The van der Waals surface area contributed by atoms with Gasteiger partial charge in [-0.1, -0.05) is 12.1 Å². The third-order valence-electron chi connectivity index (χ3n) is 5.05. The predicted octanol–water partition coefficient (Wildman–Crippen LogP) is 3.84. The molecule has 1 heterocycles. The largest absolute Gasteiger partial charge is 0.497 e. The number of benzene rings is 2. The van der Waals surface area contributed by atoms with Crippen LogP contribution in [0, 0.1) is 0 Å². The van der Waals surface area contributed by atoms with Crippen molar-refractivity contribution in [3.05, 3.63) is 47.5 Å². The van der Waals surface area contributed by atoms with Gasteiger partial charge in [-0.15, -0.1) is 0 Å². The Hall–Kier alpha value is -2.89. The summed E-state index contributed by atoms with van der Waals surface area (Å²) in [4.78, 5) is 14.6. The zero-order valence-electron chi connectivity index (χ0n) is 16.9. The van der Waals surface area contributed by atoms with Crippen LogP contribution in [-0.4, -0.2) is 39.9 Å². The normalized spacial score (nSPS) is 12.9. The van der Waals surface area contributed by atoms with Gasteiger partial charge in [0.25, 0.3) is 0 Å². The summed E-state index contributed by atoms with van der Waals surface area (Å²) in [6.07, 6.45) is 3.13. The van der Waals surface area contributed by atoms with E-state index in [2.05, 4.69) is 40.7 Å². The molecule has 0 aromatic heterocycles. The number of methoxy groups -OCH3 is 2. The fourth-order valence-electron chi connectivity index (χ4n) is 3.59. The van der Waals surface area contributed by atoms with Gasteiger partial charge in [-0.05, 0) is 43.4 Å². The lowest BCUT2D eigenvalue weighted by Gasteiger charge is -2.30. The number of hydrogen-bond donors (Lipinski definition) is 2. The second kappa shape index (κ2) is 9.35. The molecule has 3 rings (SSSR count). The van der Waals surface area contributed by atoms with E-state index in [0.717, 1.165) is 25.9 Å². The Morgan fingerprint density at radius 1 is 1.11 bits per heavy atom. The van der Waals surface area contributed by atoms with Crippen LogP contribution in [0.5, 0.6) is 11.5 Å². The van der Waals surface area contributed by atoms with Gasteiger partial charge in [0.1, 0.15) is 11.5 Å². The number of fused-ring (bicyclic) bond motifs is 1. The van der Waals surface area contributed by atoms with Crippen LogP contribution >= 0.6 is 0 Å². The first-order valence-electron chi connectivity index (χ1n) is 9.77. The van der Waals surface area contributed by atoms with E-state index in [1.165, 1.54) is 23.2 Å². The Morgan fingerprint density at radius 3 is 2.54 bits per heavy atom. The molecule has 2 aromatic rings. The van der Waals surface area contributed by atoms with Gasteiger partial charge in [-0.3, -0.25) is 0 Å². The lowest BCUT2D eigenvalue weighted by molar-refractivity contribution is 0.252. The standard InChI is InChI=1S/C22H29N3O3/c1-4-25-11-5-6-17-12-16(7-8-21(17)25)9-10-23-22(26)24-18-13-19(27-2)15-20(14-18)28-3/h7-8,12-15H,4-6,9-11H2,1-3H3,(H2,23,24,26).